The number of nitrogens with one attached hydrogen (secondary N) is 2. The van der Waals surface area contributed by atoms with Gasteiger partial charge in [-0.2, -0.15) is 5.26 Å². The number of nitriles is 1. The molecule has 0 radical (unpaired) electrons. The number of benzene rings is 3. The van der Waals surface area contributed by atoms with Crippen LogP contribution in [0.4, 0.5) is 11.4 Å². The average Bonchev–Trinajstić information content (AvgIpc) is 3.45. The molecule has 0 aromatic heterocycles. The third kappa shape index (κ3) is 9.56. The highest BCUT2D eigenvalue weighted by Gasteiger charge is 2.45. The van der Waals surface area contributed by atoms with Crippen LogP contribution in [0.5, 0.6) is 5.75 Å². The molecule has 4 fully saturated rings. The number of phenolic OH excluding ortho intramolecular Hbond substituents is 1. The summed E-state index contributed by atoms with van der Waals surface area (Å²) in [7, 11) is 2.07. The van der Waals surface area contributed by atoms with E-state index in [-0.39, 0.29) is 29.5 Å². The number of imide groups is 2. The van der Waals surface area contributed by atoms with Gasteiger partial charge < -0.3 is 20.2 Å². The number of aromatic hydroxyl groups is 1. The summed E-state index contributed by atoms with van der Waals surface area (Å²) in [5.74, 6) is -1.34. The largest absolute Gasteiger partial charge is 0.508 e. The molecule has 1 aliphatic carbocycles. The van der Waals surface area contributed by atoms with E-state index in [1.165, 1.54) is 50.3 Å². The van der Waals surface area contributed by atoms with E-state index in [0.717, 1.165) is 74.4 Å². The molecular formula is C42H48ClN7O6. The first kappa shape index (κ1) is 40.4. The predicted molar refractivity (Wildman–Crippen MR) is 213 cm³/mol. The maximum Gasteiger partial charge on any atom is 0.262 e. The van der Waals surface area contributed by atoms with Crippen molar-refractivity contribution >= 4 is 52.9 Å². The van der Waals surface area contributed by atoms with Crippen molar-refractivity contribution in [3.8, 4) is 11.8 Å². The molecule has 1 saturated carbocycles. The van der Waals surface area contributed by atoms with E-state index in [9.17, 15) is 24.0 Å². The number of carbonyl (C=O) groups excluding carboxylic acids is 5. The summed E-state index contributed by atoms with van der Waals surface area (Å²) in [4.78, 5) is 68.7. The second-order valence-corrected chi connectivity index (χ2v) is 15.3. The van der Waals surface area contributed by atoms with Crippen molar-refractivity contribution in [1.82, 2.24) is 20.4 Å². The summed E-state index contributed by atoms with van der Waals surface area (Å²) in [6, 6.07) is 19.0. The Morgan fingerprint density at radius 1 is 0.857 bits per heavy atom. The van der Waals surface area contributed by atoms with Crippen molar-refractivity contribution in [2.24, 2.45) is 5.92 Å². The summed E-state index contributed by atoms with van der Waals surface area (Å²) in [6.45, 7) is 6.63. The Balaban J connectivity index is 0.000000242. The van der Waals surface area contributed by atoms with Gasteiger partial charge in [-0.15, -0.1) is 0 Å². The maximum absolute atomic E-state index is 13.1. The monoisotopic (exact) mass is 781 g/mol. The van der Waals surface area contributed by atoms with Crippen molar-refractivity contribution in [2.45, 2.75) is 57.0 Å². The smallest absolute Gasteiger partial charge is 0.262 e. The summed E-state index contributed by atoms with van der Waals surface area (Å²) in [5, 5.41) is 23.0. The van der Waals surface area contributed by atoms with Gasteiger partial charge in [0.2, 0.25) is 11.8 Å². The molecule has 1 unspecified atom stereocenters. The number of phenols is 1. The number of halogens is 1. The number of aldehydes is 1. The topological polar surface area (TPSA) is 166 Å². The molecule has 13 nitrogen and oxygen atoms in total. The summed E-state index contributed by atoms with van der Waals surface area (Å²) >= 11 is 5.55. The highest BCUT2D eigenvalue weighted by molar-refractivity contribution is 6.31. The predicted octanol–water partition coefficient (Wildman–Crippen LogP) is 4.61. The lowest BCUT2D eigenvalue weighted by atomic mass is 9.96. The fourth-order valence-electron chi connectivity index (χ4n) is 7.86. The van der Waals surface area contributed by atoms with Gasteiger partial charge in [0.05, 0.1) is 21.7 Å². The van der Waals surface area contributed by atoms with E-state index in [0.29, 0.717) is 28.2 Å². The van der Waals surface area contributed by atoms with Crippen molar-refractivity contribution in [2.75, 3.05) is 62.7 Å². The molecule has 3 saturated heterocycles. The van der Waals surface area contributed by atoms with Crippen molar-refractivity contribution in [3.05, 3.63) is 87.9 Å². The molecule has 3 aromatic rings. The van der Waals surface area contributed by atoms with E-state index in [1.807, 2.05) is 36.4 Å². The molecule has 3 N–H and O–H groups in total. The lowest BCUT2D eigenvalue weighted by molar-refractivity contribution is -0.136. The van der Waals surface area contributed by atoms with Gasteiger partial charge in [0.15, 0.2) is 0 Å². The lowest BCUT2D eigenvalue weighted by Crippen LogP contribution is -2.55. The molecule has 294 valence electrons. The standard InChI is InChI=1S/C28H29N5O5.C7H4ClNO.C7H15N/c34-17-18-1-3-20(4-2-18)31-11-9-30(10-12-31)14-19-15-32(16-19)21-5-6-22-23(13-21)28(38)33(27(22)37)24-7-8-25(35)29-26(24)36;8-7-3-6(10)2-1-5(7)4-9;1-8-7-5-3-2-4-6-7/h1-6,13,17,19,24H,7-12,14-16H2,(H,29,35,36);1-3,10H;7-8H,2-6H2,1H3. The highest BCUT2D eigenvalue weighted by atomic mass is 35.5. The normalized spacial score (nSPS) is 20.2. The van der Waals surface area contributed by atoms with E-state index < -0.39 is 23.8 Å². The zero-order chi connectivity index (χ0) is 39.8. The Kier molecular flexibility index (Phi) is 13.4. The van der Waals surface area contributed by atoms with Gasteiger partial charge in [-0.1, -0.05) is 30.9 Å². The number of nitrogens with zero attached hydrogens (tertiary/aromatic N) is 5. The van der Waals surface area contributed by atoms with E-state index >= 15 is 0 Å². The van der Waals surface area contributed by atoms with Crippen LogP contribution in [0.1, 0.15) is 81.6 Å². The number of hydrogen-bond acceptors (Lipinski definition) is 11. The number of amides is 4. The van der Waals surface area contributed by atoms with E-state index in [2.05, 4.69) is 32.4 Å². The Hall–Kier alpha value is -5.29. The quantitative estimate of drug-likeness (QED) is 0.226. The summed E-state index contributed by atoms with van der Waals surface area (Å²) in [5.41, 5.74) is 3.73. The van der Waals surface area contributed by atoms with Gasteiger partial charge in [-0.05, 0) is 87.0 Å². The third-order valence-electron chi connectivity index (χ3n) is 11.1. The second kappa shape index (κ2) is 18.6. The van der Waals surface area contributed by atoms with E-state index in [4.69, 9.17) is 22.0 Å². The van der Waals surface area contributed by atoms with Crippen LogP contribution in [-0.4, -0.2) is 110 Å². The van der Waals surface area contributed by atoms with E-state index in [1.54, 1.807) is 12.1 Å². The van der Waals surface area contributed by atoms with Crippen LogP contribution in [0.15, 0.2) is 60.7 Å². The molecule has 14 heteroatoms. The zero-order valence-corrected chi connectivity index (χ0v) is 32.3. The number of carbonyl (C=O) groups is 5. The lowest BCUT2D eigenvalue weighted by Gasteiger charge is -2.45. The molecule has 4 heterocycles. The molecule has 5 aliphatic rings. The van der Waals surface area contributed by atoms with Crippen LogP contribution in [-0.2, 0) is 9.59 Å². The van der Waals surface area contributed by atoms with Crippen molar-refractivity contribution in [3.63, 3.8) is 0 Å². The second-order valence-electron chi connectivity index (χ2n) is 14.8. The number of anilines is 2. The Morgan fingerprint density at radius 2 is 1.54 bits per heavy atom. The molecule has 56 heavy (non-hydrogen) atoms. The van der Waals surface area contributed by atoms with Gasteiger partial charge in [-0.3, -0.25) is 39.1 Å². The molecule has 0 spiro atoms. The Labute approximate surface area is 332 Å². The Bertz CT molecular complexity index is 1960. The number of rotatable bonds is 7. The molecule has 4 amide bonds. The average molecular weight is 782 g/mol. The van der Waals surface area contributed by atoms with Crippen LogP contribution < -0.4 is 20.4 Å². The molecule has 0 bridgehead atoms. The minimum absolute atomic E-state index is 0.0731. The first-order valence-corrected chi connectivity index (χ1v) is 19.6. The fourth-order valence-corrected chi connectivity index (χ4v) is 8.07. The zero-order valence-electron chi connectivity index (χ0n) is 31.6. The highest BCUT2D eigenvalue weighted by Crippen LogP contribution is 2.33. The van der Waals surface area contributed by atoms with Gasteiger partial charge in [0.1, 0.15) is 24.1 Å². The van der Waals surface area contributed by atoms with Crippen molar-refractivity contribution in [1.29, 1.82) is 5.26 Å². The van der Waals surface area contributed by atoms with Crippen LogP contribution >= 0.6 is 11.6 Å². The number of fused-ring (bicyclic) bond motifs is 1. The van der Waals surface area contributed by atoms with Gasteiger partial charge >= 0.3 is 0 Å². The maximum atomic E-state index is 13.1. The van der Waals surface area contributed by atoms with Crippen LogP contribution in [0.2, 0.25) is 5.02 Å². The molecular weight excluding hydrogens is 734 g/mol. The molecule has 3 aromatic carbocycles. The first-order valence-electron chi connectivity index (χ1n) is 19.3. The fraction of sp³-hybridized carbons (Fsp3) is 0.429. The van der Waals surface area contributed by atoms with Crippen LogP contribution in [0.25, 0.3) is 0 Å². The SMILES string of the molecule is CNC1CCCCC1.N#Cc1ccc(O)cc1Cl.O=Cc1ccc(N2CCN(CC3CN(c4ccc5c(c4)C(=O)N(C4CCC(=O)NC4=O)C5=O)C3)CC2)cc1. The third-order valence-corrected chi connectivity index (χ3v) is 11.4. The van der Waals surface area contributed by atoms with Crippen LogP contribution in [0.3, 0.4) is 0 Å². The molecule has 8 rings (SSSR count). The minimum atomic E-state index is -0.951. The first-order chi connectivity index (χ1) is 27.1. The number of piperazine rings is 1. The van der Waals surface area contributed by atoms with Crippen LogP contribution in [0, 0.1) is 17.2 Å². The summed E-state index contributed by atoms with van der Waals surface area (Å²) < 4.78 is 0. The van der Waals surface area contributed by atoms with Gasteiger partial charge in [0.25, 0.3) is 11.8 Å². The molecule has 1 atom stereocenters. The summed E-state index contributed by atoms with van der Waals surface area (Å²) in [6.07, 6.45) is 8.24. The number of hydrogen-bond donors (Lipinski definition) is 3. The number of piperidine rings is 1. The van der Waals surface area contributed by atoms with Crippen molar-refractivity contribution < 1.29 is 29.1 Å². The Morgan fingerprint density at radius 3 is 2.14 bits per heavy atom. The minimum Gasteiger partial charge on any atom is -0.508 e. The van der Waals surface area contributed by atoms with Gasteiger partial charge in [0, 0.05) is 81.1 Å². The van der Waals surface area contributed by atoms with Gasteiger partial charge in [-0.25, -0.2) is 0 Å². The molecule has 4 aliphatic heterocycles.